The van der Waals surface area contributed by atoms with Gasteiger partial charge in [0.15, 0.2) is 0 Å². The van der Waals surface area contributed by atoms with Gasteiger partial charge < -0.3 is 5.11 Å². The van der Waals surface area contributed by atoms with Crippen LogP contribution in [0.5, 0.6) is 5.88 Å². The summed E-state index contributed by atoms with van der Waals surface area (Å²) in [4.78, 5) is 17.4. The van der Waals surface area contributed by atoms with E-state index in [1.807, 2.05) is 30.3 Å². The number of aromatic nitrogens is 3. The normalized spacial score (nSPS) is 11.3. The van der Waals surface area contributed by atoms with E-state index in [9.17, 15) is 14.3 Å². The van der Waals surface area contributed by atoms with Crippen molar-refractivity contribution in [3.8, 4) is 17.0 Å². The van der Waals surface area contributed by atoms with Gasteiger partial charge in [-0.15, -0.1) is 0 Å². The molecule has 0 atom stereocenters. The highest BCUT2D eigenvalue weighted by atomic mass is 35.5. The summed E-state index contributed by atoms with van der Waals surface area (Å²) in [5.41, 5.74) is 1.12. The topological polar surface area (TPSA) is 61.3 Å². The van der Waals surface area contributed by atoms with Crippen LogP contribution >= 0.6 is 11.6 Å². The van der Waals surface area contributed by atoms with E-state index in [0.717, 1.165) is 16.3 Å². The van der Waals surface area contributed by atoms with Crippen LogP contribution in [0.1, 0.15) is 5.56 Å². The van der Waals surface area contributed by atoms with Crippen molar-refractivity contribution in [1.82, 2.24) is 9.38 Å². The summed E-state index contributed by atoms with van der Waals surface area (Å²) in [6.07, 6.45) is 3.25. The summed E-state index contributed by atoms with van der Waals surface area (Å²) in [7, 11) is 0. The zero-order valence-electron chi connectivity index (χ0n) is 16.1. The van der Waals surface area contributed by atoms with Crippen molar-refractivity contribution in [2.75, 3.05) is 0 Å². The number of hydrogen-bond acceptors (Lipinski definition) is 3. The Morgan fingerprint density at radius 2 is 1.81 bits per heavy atom. The average Bonchev–Trinajstić information content (AvgIpc) is 2.79. The molecule has 3 aromatic heterocycles. The van der Waals surface area contributed by atoms with E-state index in [0.29, 0.717) is 16.4 Å². The van der Waals surface area contributed by atoms with Crippen LogP contribution in [-0.4, -0.2) is 9.38 Å². The molecule has 5 rings (SSSR count). The number of nitrogens with zero attached hydrogens (tertiary/aromatic N) is 3. The summed E-state index contributed by atoms with van der Waals surface area (Å²) in [6, 6.07) is 18.2. The van der Waals surface area contributed by atoms with E-state index in [1.54, 1.807) is 29.1 Å². The Labute approximate surface area is 181 Å². The maximum absolute atomic E-state index is 13.6. The average molecular weight is 432 g/mol. The molecule has 0 bridgehead atoms. The van der Waals surface area contributed by atoms with Gasteiger partial charge >= 0.3 is 5.56 Å². The largest absolute Gasteiger partial charge is 0.842 e. The van der Waals surface area contributed by atoms with Crippen LogP contribution in [0.4, 0.5) is 4.39 Å². The zero-order valence-corrected chi connectivity index (χ0v) is 16.9. The first kappa shape index (κ1) is 19.2. The highest BCUT2D eigenvalue weighted by Crippen LogP contribution is 2.25. The van der Waals surface area contributed by atoms with Gasteiger partial charge in [-0.25, -0.2) is 18.7 Å². The number of halogens is 2. The molecule has 0 saturated carbocycles. The second-order valence-electron chi connectivity index (χ2n) is 7.16. The minimum Gasteiger partial charge on any atom is -0.842 e. The van der Waals surface area contributed by atoms with Crippen molar-refractivity contribution in [1.29, 1.82) is 0 Å². The molecule has 5 nitrogen and oxygen atoms in total. The first-order valence-corrected chi connectivity index (χ1v) is 9.94. The number of benzene rings is 2. The number of pyridine rings is 2. The Kier molecular flexibility index (Phi) is 4.64. The van der Waals surface area contributed by atoms with Gasteiger partial charge in [-0.2, -0.15) is 4.40 Å². The lowest BCUT2D eigenvalue weighted by Gasteiger charge is -2.18. The van der Waals surface area contributed by atoms with Crippen molar-refractivity contribution >= 4 is 28.0 Å². The predicted molar refractivity (Wildman–Crippen MR) is 115 cm³/mol. The molecule has 0 amide bonds. The first-order valence-electron chi connectivity index (χ1n) is 9.56. The lowest BCUT2D eigenvalue weighted by Crippen LogP contribution is -2.44. The van der Waals surface area contributed by atoms with Gasteiger partial charge in [0, 0.05) is 11.8 Å². The summed E-state index contributed by atoms with van der Waals surface area (Å²) in [6.45, 7) is 0.189. The standard InChI is InChI=1S/C24H15ClFN3O2/c25-20-10-5-15(13-27-20)14-29-22-19-4-2-1-3-16(19)11-12-28(22)23(30)21(24(29)31)17-6-8-18(26)9-7-17/h1-13H,14H2. The SMILES string of the molecule is O=c1c(-c2ccc(F)cc2)c([O-])[n+](Cc2ccc(Cl)nc2)c2c3ccccc3ccn12. The molecule has 7 heteroatoms. The Balaban J connectivity index is 1.88. The van der Waals surface area contributed by atoms with Gasteiger partial charge in [-0.3, -0.25) is 0 Å². The molecule has 0 aliphatic rings. The van der Waals surface area contributed by atoms with Crippen LogP contribution in [0.15, 0.2) is 83.9 Å². The third-order valence-electron chi connectivity index (χ3n) is 5.24. The predicted octanol–water partition coefficient (Wildman–Crippen LogP) is 3.72. The van der Waals surface area contributed by atoms with Crippen molar-refractivity contribution in [2.24, 2.45) is 0 Å². The maximum Gasteiger partial charge on any atom is 0.349 e. The molecule has 0 aliphatic heterocycles. The number of fused-ring (bicyclic) bond motifs is 3. The van der Waals surface area contributed by atoms with Crippen molar-refractivity contribution in [2.45, 2.75) is 6.54 Å². The van der Waals surface area contributed by atoms with E-state index >= 15 is 0 Å². The molecule has 0 radical (unpaired) electrons. The number of hydrogen-bond donors (Lipinski definition) is 0. The monoisotopic (exact) mass is 431 g/mol. The molecule has 2 aromatic carbocycles. The van der Waals surface area contributed by atoms with Gasteiger partial charge in [0.25, 0.3) is 5.65 Å². The molecule has 5 aromatic rings. The molecule has 31 heavy (non-hydrogen) atoms. The smallest absolute Gasteiger partial charge is 0.349 e. The van der Waals surface area contributed by atoms with Crippen molar-refractivity contribution in [3.63, 3.8) is 0 Å². The lowest BCUT2D eigenvalue weighted by atomic mass is 10.1. The fourth-order valence-corrected chi connectivity index (χ4v) is 3.89. The van der Waals surface area contributed by atoms with Crippen LogP contribution in [0.3, 0.4) is 0 Å². The van der Waals surface area contributed by atoms with Crippen molar-refractivity contribution in [3.05, 3.63) is 106 Å². The highest BCUT2D eigenvalue weighted by Gasteiger charge is 2.22. The summed E-state index contributed by atoms with van der Waals surface area (Å²) < 4.78 is 16.5. The van der Waals surface area contributed by atoms with Gasteiger partial charge in [0.2, 0.25) is 0 Å². The molecular weight excluding hydrogens is 417 g/mol. The Bertz CT molecular complexity index is 1500. The molecule has 0 unspecified atom stereocenters. The van der Waals surface area contributed by atoms with E-state index in [4.69, 9.17) is 11.6 Å². The van der Waals surface area contributed by atoms with Crippen LogP contribution in [0.25, 0.3) is 27.5 Å². The van der Waals surface area contributed by atoms with Crippen LogP contribution in [-0.2, 0) is 6.54 Å². The summed E-state index contributed by atoms with van der Waals surface area (Å²) in [5.74, 6) is -0.897. The van der Waals surface area contributed by atoms with Gasteiger partial charge in [-0.1, -0.05) is 48.0 Å². The molecule has 0 saturated heterocycles. The maximum atomic E-state index is 13.6. The molecule has 3 heterocycles. The Morgan fingerprint density at radius 3 is 2.55 bits per heavy atom. The second-order valence-corrected chi connectivity index (χ2v) is 7.55. The fourth-order valence-electron chi connectivity index (χ4n) is 3.78. The van der Waals surface area contributed by atoms with E-state index in [1.165, 1.54) is 28.7 Å². The van der Waals surface area contributed by atoms with Gasteiger partial charge in [0.1, 0.15) is 29.3 Å². The van der Waals surface area contributed by atoms with Gasteiger partial charge in [-0.05, 0) is 41.3 Å². The first-order chi connectivity index (χ1) is 15.0. The van der Waals surface area contributed by atoms with Crippen LogP contribution in [0, 0.1) is 5.82 Å². The molecule has 152 valence electrons. The second kappa shape index (κ2) is 7.49. The van der Waals surface area contributed by atoms with E-state index < -0.39 is 17.3 Å². The van der Waals surface area contributed by atoms with Gasteiger partial charge in [0.05, 0.1) is 11.3 Å². The third kappa shape index (κ3) is 3.31. The number of rotatable bonds is 3. The molecule has 0 N–H and O–H groups in total. The minimum absolute atomic E-state index is 0.0188. The molecule has 0 aliphatic carbocycles. The Hall–Kier alpha value is -3.77. The lowest BCUT2D eigenvalue weighted by molar-refractivity contribution is -0.707. The molecular formula is C24H15ClFN3O2. The third-order valence-corrected chi connectivity index (χ3v) is 5.47. The van der Waals surface area contributed by atoms with E-state index in [2.05, 4.69) is 4.98 Å². The molecule has 0 fully saturated rings. The highest BCUT2D eigenvalue weighted by molar-refractivity contribution is 6.29. The summed E-state index contributed by atoms with van der Waals surface area (Å²) in [5, 5.41) is 15.6. The van der Waals surface area contributed by atoms with Crippen LogP contribution < -0.4 is 15.2 Å². The summed E-state index contributed by atoms with van der Waals surface area (Å²) >= 11 is 5.90. The van der Waals surface area contributed by atoms with E-state index in [-0.39, 0.29) is 12.1 Å². The van der Waals surface area contributed by atoms with Crippen LogP contribution in [0.2, 0.25) is 5.15 Å². The molecule has 0 spiro atoms. The zero-order chi connectivity index (χ0) is 21.5. The Morgan fingerprint density at radius 1 is 1.03 bits per heavy atom. The minimum atomic E-state index is -0.456. The quantitative estimate of drug-likeness (QED) is 0.248. The fraction of sp³-hybridized carbons (Fsp3) is 0.0417. The van der Waals surface area contributed by atoms with Crippen molar-refractivity contribution < 1.29 is 14.1 Å².